The summed E-state index contributed by atoms with van der Waals surface area (Å²) in [6, 6.07) is 7.81. The highest BCUT2D eigenvalue weighted by Gasteiger charge is 2.36. The number of carbonyl (C=O) groups excluding carboxylic acids is 1. The summed E-state index contributed by atoms with van der Waals surface area (Å²) in [5.74, 6) is -0.493. The first-order valence-corrected chi connectivity index (χ1v) is 9.97. The lowest BCUT2D eigenvalue weighted by molar-refractivity contribution is -0.143. The molecule has 0 radical (unpaired) electrons. The van der Waals surface area contributed by atoms with E-state index < -0.39 is 11.9 Å². The predicted molar refractivity (Wildman–Crippen MR) is 107 cm³/mol. The topological polar surface area (TPSA) is 84.1 Å². The number of esters is 1. The molecule has 142 valence electrons. The van der Waals surface area contributed by atoms with Crippen LogP contribution in [-0.4, -0.2) is 28.3 Å². The Labute approximate surface area is 162 Å². The van der Waals surface area contributed by atoms with Gasteiger partial charge < -0.3 is 15.0 Å². The Kier molecular flexibility index (Phi) is 5.41. The van der Waals surface area contributed by atoms with E-state index in [1.807, 2.05) is 44.4 Å². The lowest BCUT2D eigenvalue weighted by atomic mass is 9.82. The number of hydrogen-bond donors (Lipinski definition) is 2. The van der Waals surface area contributed by atoms with Crippen molar-refractivity contribution >= 4 is 23.5 Å². The van der Waals surface area contributed by atoms with Gasteiger partial charge in [-0.05, 0) is 39.5 Å². The number of carbonyl (C=O) groups is 1. The number of fused-ring (bicyclic) bond motifs is 1. The summed E-state index contributed by atoms with van der Waals surface area (Å²) in [6.45, 7) is 7.41. The minimum atomic E-state index is -0.541. The molecule has 1 aromatic carbocycles. The molecule has 1 aliphatic heterocycles. The molecule has 1 unspecified atom stereocenters. The summed E-state index contributed by atoms with van der Waals surface area (Å²) in [6.07, 6.45) is 1.59. The molecule has 1 atom stereocenters. The maximum atomic E-state index is 12.9. The Morgan fingerprint density at radius 1 is 1.22 bits per heavy atom. The Morgan fingerprint density at radius 3 is 2.48 bits per heavy atom. The normalized spacial score (nSPS) is 16.1. The summed E-state index contributed by atoms with van der Waals surface area (Å²) in [5, 5.41) is 3.65. The number of rotatable bonds is 4. The average molecular weight is 385 g/mol. The van der Waals surface area contributed by atoms with Crippen LogP contribution in [0.15, 0.2) is 45.5 Å². The van der Waals surface area contributed by atoms with Crippen molar-refractivity contribution in [2.75, 3.05) is 11.6 Å². The summed E-state index contributed by atoms with van der Waals surface area (Å²) >= 11 is 1.36. The molecule has 0 spiro atoms. The Balaban J connectivity index is 2.23. The highest BCUT2D eigenvalue weighted by Crippen LogP contribution is 2.40. The zero-order valence-electron chi connectivity index (χ0n) is 16.0. The molecular weight excluding hydrogens is 362 g/mol. The first-order chi connectivity index (χ1) is 12.8. The number of ether oxygens (including phenoxy) is 1. The van der Waals surface area contributed by atoms with Gasteiger partial charge in [0.2, 0.25) is 0 Å². The quantitative estimate of drug-likeness (QED) is 0.475. The van der Waals surface area contributed by atoms with Crippen molar-refractivity contribution in [2.24, 2.45) is 0 Å². The Hall–Kier alpha value is -2.54. The largest absolute Gasteiger partial charge is 0.460 e. The minimum Gasteiger partial charge on any atom is -0.460 e. The van der Waals surface area contributed by atoms with E-state index in [9.17, 15) is 9.59 Å². The fraction of sp³-hybridized carbons (Fsp3) is 0.350. The van der Waals surface area contributed by atoms with Crippen LogP contribution in [-0.2, 0) is 9.53 Å². The van der Waals surface area contributed by atoms with Crippen LogP contribution in [0.1, 0.15) is 43.4 Å². The van der Waals surface area contributed by atoms with Gasteiger partial charge in [-0.3, -0.25) is 4.79 Å². The van der Waals surface area contributed by atoms with Gasteiger partial charge in [-0.1, -0.05) is 41.6 Å². The van der Waals surface area contributed by atoms with Gasteiger partial charge in [0.25, 0.3) is 5.56 Å². The van der Waals surface area contributed by atoms with Crippen LogP contribution in [0.25, 0.3) is 0 Å². The number of anilines is 1. The van der Waals surface area contributed by atoms with E-state index in [4.69, 9.17) is 4.74 Å². The third kappa shape index (κ3) is 3.78. The van der Waals surface area contributed by atoms with E-state index >= 15 is 0 Å². The number of nitrogens with one attached hydrogen (secondary N) is 2. The van der Waals surface area contributed by atoms with E-state index in [1.165, 1.54) is 11.8 Å². The molecule has 2 heterocycles. The van der Waals surface area contributed by atoms with Crippen LogP contribution in [0.2, 0.25) is 0 Å². The summed E-state index contributed by atoms with van der Waals surface area (Å²) in [5.41, 5.74) is 3.20. The maximum Gasteiger partial charge on any atom is 0.337 e. The second-order valence-corrected chi connectivity index (χ2v) is 7.59. The van der Waals surface area contributed by atoms with Crippen LogP contribution in [0, 0.1) is 6.92 Å². The summed E-state index contributed by atoms with van der Waals surface area (Å²) < 4.78 is 5.46. The van der Waals surface area contributed by atoms with Gasteiger partial charge in [0.15, 0.2) is 5.16 Å². The molecule has 3 rings (SSSR count). The fourth-order valence-electron chi connectivity index (χ4n) is 3.17. The van der Waals surface area contributed by atoms with E-state index in [0.29, 0.717) is 27.8 Å². The van der Waals surface area contributed by atoms with Gasteiger partial charge >= 0.3 is 5.97 Å². The van der Waals surface area contributed by atoms with Gasteiger partial charge in [0.1, 0.15) is 5.82 Å². The monoisotopic (exact) mass is 385 g/mol. The van der Waals surface area contributed by atoms with Crippen LogP contribution >= 0.6 is 11.8 Å². The van der Waals surface area contributed by atoms with Crippen molar-refractivity contribution in [1.29, 1.82) is 0 Å². The van der Waals surface area contributed by atoms with Gasteiger partial charge in [-0.2, -0.15) is 0 Å². The average Bonchev–Trinajstić information content (AvgIpc) is 2.60. The molecule has 7 heteroatoms. The summed E-state index contributed by atoms with van der Waals surface area (Å²) in [4.78, 5) is 33.0. The van der Waals surface area contributed by atoms with E-state index in [-0.39, 0.29) is 11.7 Å². The number of thioether (sulfide) groups is 1. The smallest absolute Gasteiger partial charge is 0.337 e. The second kappa shape index (κ2) is 7.60. The lowest BCUT2D eigenvalue weighted by Crippen LogP contribution is -2.31. The van der Waals surface area contributed by atoms with Crippen molar-refractivity contribution in [1.82, 2.24) is 9.97 Å². The molecule has 0 bridgehead atoms. The number of H-pyrrole nitrogens is 1. The van der Waals surface area contributed by atoms with Gasteiger partial charge in [0.05, 0.1) is 23.2 Å². The Bertz CT molecular complexity index is 961. The number of aromatic nitrogens is 2. The van der Waals surface area contributed by atoms with E-state index in [2.05, 4.69) is 15.3 Å². The predicted octanol–water partition coefficient (Wildman–Crippen LogP) is 3.58. The van der Waals surface area contributed by atoms with Crippen molar-refractivity contribution in [3.8, 4) is 0 Å². The number of aryl methyl sites for hydroxylation is 1. The molecule has 0 fully saturated rings. The number of nitrogens with zero attached hydrogens (tertiary/aromatic N) is 1. The minimum absolute atomic E-state index is 0.256. The standard InChI is InChI=1S/C20H23N3O3S/c1-10(2)26-19(25)14-12(4)21-17-16(18(24)23-20(22-17)27-5)15(14)13-8-6-11(3)7-9-13/h6-10,15H,1-5H3,(H2,21,22,23,24). The molecule has 0 saturated heterocycles. The maximum absolute atomic E-state index is 12.9. The van der Waals surface area contributed by atoms with E-state index in [0.717, 1.165) is 11.1 Å². The molecule has 0 saturated carbocycles. The molecule has 2 aromatic rings. The zero-order chi connectivity index (χ0) is 19.7. The molecule has 1 aromatic heterocycles. The third-order valence-electron chi connectivity index (χ3n) is 4.39. The highest BCUT2D eigenvalue weighted by molar-refractivity contribution is 7.98. The molecule has 0 aliphatic carbocycles. The zero-order valence-corrected chi connectivity index (χ0v) is 16.9. The summed E-state index contributed by atoms with van der Waals surface area (Å²) in [7, 11) is 0. The van der Waals surface area contributed by atoms with Gasteiger partial charge in [0, 0.05) is 5.70 Å². The molecule has 6 nitrogen and oxygen atoms in total. The fourth-order valence-corrected chi connectivity index (χ4v) is 3.55. The number of benzene rings is 1. The van der Waals surface area contributed by atoms with Crippen molar-refractivity contribution in [2.45, 2.75) is 44.9 Å². The Morgan fingerprint density at radius 2 is 1.89 bits per heavy atom. The first-order valence-electron chi connectivity index (χ1n) is 8.75. The van der Waals surface area contributed by atoms with Crippen LogP contribution in [0.3, 0.4) is 0 Å². The van der Waals surface area contributed by atoms with Crippen LogP contribution in [0.5, 0.6) is 0 Å². The van der Waals surface area contributed by atoms with E-state index in [1.54, 1.807) is 13.8 Å². The van der Waals surface area contributed by atoms with Crippen molar-refractivity contribution in [3.63, 3.8) is 0 Å². The number of allylic oxidation sites excluding steroid dienone is 1. The van der Waals surface area contributed by atoms with Crippen LogP contribution in [0.4, 0.5) is 5.82 Å². The molecule has 1 aliphatic rings. The molecule has 0 amide bonds. The number of aromatic amines is 1. The molecular formula is C20H23N3O3S. The first kappa shape index (κ1) is 19.2. The van der Waals surface area contributed by atoms with Crippen molar-refractivity contribution in [3.05, 3.63) is 62.6 Å². The molecule has 27 heavy (non-hydrogen) atoms. The van der Waals surface area contributed by atoms with Gasteiger partial charge in [-0.15, -0.1) is 0 Å². The number of hydrogen-bond acceptors (Lipinski definition) is 6. The second-order valence-electron chi connectivity index (χ2n) is 6.80. The van der Waals surface area contributed by atoms with Crippen molar-refractivity contribution < 1.29 is 9.53 Å². The van der Waals surface area contributed by atoms with Gasteiger partial charge in [-0.25, -0.2) is 9.78 Å². The van der Waals surface area contributed by atoms with Crippen LogP contribution < -0.4 is 10.9 Å². The lowest BCUT2D eigenvalue weighted by Gasteiger charge is -2.29. The third-order valence-corrected chi connectivity index (χ3v) is 4.97. The highest BCUT2D eigenvalue weighted by atomic mass is 32.2. The SMILES string of the molecule is CSc1nc2c(c(=O)[nH]1)C(c1ccc(C)cc1)C(C(=O)OC(C)C)=C(C)N2. The molecule has 2 N–H and O–H groups in total.